The Labute approximate surface area is 44.1 Å². The molecule has 1 aliphatic rings. The van der Waals surface area contributed by atoms with Gasteiger partial charge in [0, 0.05) is 18.6 Å². The van der Waals surface area contributed by atoms with Crippen molar-refractivity contribution in [1.29, 1.82) is 0 Å². The van der Waals surface area contributed by atoms with Crippen molar-refractivity contribution in [3.63, 3.8) is 0 Å². The molecule has 1 saturated heterocycles. The SMILES string of the molecule is CCC(N)C1CN1. The number of nitrogens with one attached hydrogen (secondary N) is 1. The maximum Gasteiger partial charge on any atom is 0.0345 e. The van der Waals surface area contributed by atoms with E-state index in [9.17, 15) is 0 Å². The highest BCUT2D eigenvalue weighted by Gasteiger charge is 2.25. The molecule has 1 heterocycles. The average molecular weight is 100 g/mol. The Balaban J connectivity index is 2.10. The van der Waals surface area contributed by atoms with Gasteiger partial charge in [0.2, 0.25) is 0 Å². The summed E-state index contributed by atoms with van der Waals surface area (Å²) in [4.78, 5) is 0. The van der Waals surface area contributed by atoms with Crippen molar-refractivity contribution in [3.05, 3.63) is 0 Å². The molecule has 0 amide bonds. The fourth-order valence-corrected chi connectivity index (χ4v) is 0.655. The molecule has 0 radical (unpaired) electrons. The molecule has 0 aromatic rings. The standard InChI is InChI=1S/C5H12N2/c1-2-4(6)5-3-7-5/h4-5,7H,2-3,6H2,1H3. The van der Waals surface area contributed by atoms with Crippen LogP contribution in [0.1, 0.15) is 13.3 Å². The molecule has 1 fully saturated rings. The van der Waals surface area contributed by atoms with E-state index in [2.05, 4.69) is 12.2 Å². The lowest BCUT2D eigenvalue weighted by Crippen LogP contribution is -2.26. The van der Waals surface area contributed by atoms with E-state index in [4.69, 9.17) is 5.73 Å². The van der Waals surface area contributed by atoms with Gasteiger partial charge in [0.15, 0.2) is 0 Å². The summed E-state index contributed by atoms with van der Waals surface area (Å²) < 4.78 is 0. The fourth-order valence-electron chi connectivity index (χ4n) is 0.655. The number of hydrogen-bond acceptors (Lipinski definition) is 2. The van der Waals surface area contributed by atoms with E-state index >= 15 is 0 Å². The van der Waals surface area contributed by atoms with Crippen LogP contribution in [0, 0.1) is 0 Å². The Morgan fingerprint density at radius 2 is 2.57 bits per heavy atom. The molecule has 2 heteroatoms. The van der Waals surface area contributed by atoms with Gasteiger partial charge < -0.3 is 11.1 Å². The van der Waals surface area contributed by atoms with Crippen LogP contribution in [0.25, 0.3) is 0 Å². The summed E-state index contributed by atoms with van der Waals surface area (Å²) in [6.45, 7) is 3.25. The molecular formula is C5H12N2. The van der Waals surface area contributed by atoms with E-state index in [0.717, 1.165) is 13.0 Å². The third-order valence-corrected chi connectivity index (χ3v) is 1.43. The fraction of sp³-hybridized carbons (Fsp3) is 1.00. The van der Waals surface area contributed by atoms with E-state index in [1.165, 1.54) is 0 Å². The van der Waals surface area contributed by atoms with Gasteiger partial charge >= 0.3 is 0 Å². The van der Waals surface area contributed by atoms with Crippen LogP contribution >= 0.6 is 0 Å². The van der Waals surface area contributed by atoms with E-state index in [0.29, 0.717) is 12.1 Å². The van der Waals surface area contributed by atoms with Crippen LogP contribution in [0.5, 0.6) is 0 Å². The highest BCUT2D eigenvalue weighted by Crippen LogP contribution is 2.03. The molecule has 0 bridgehead atoms. The number of rotatable bonds is 2. The van der Waals surface area contributed by atoms with Gasteiger partial charge in [0.25, 0.3) is 0 Å². The summed E-state index contributed by atoms with van der Waals surface area (Å²) in [7, 11) is 0. The van der Waals surface area contributed by atoms with E-state index in [1.807, 2.05) is 0 Å². The van der Waals surface area contributed by atoms with Crippen molar-refractivity contribution in [2.75, 3.05) is 6.54 Å². The van der Waals surface area contributed by atoms with E-state index in [1.54, 1.807) is 0 Å². The van der Waals surface area contributed by atoms with E-state index < -0.39 is 0 Å². The van der Waals surface area contributed by atoms with Gasteiger partial charge in [0.1, 0.15) is 0 Å². The summed E-state index contributed by atoms with van der Waals surface area (Å²) in [6, 6.07) is 1.05. The van der Waals surface area contributed by atoms with Crippen LogP contribution in [0.3, 0.4) is 0 Å². The molecule has 2 atom stereocenters. The molecule has 0 aliphatic carbocycles. The van der Waals surface area contributed by atoms with Crippen molar-refractivity contribution in [3.8, 4) is 0 Å². The molecule has 7 heavy (non-hydrogen) atoms. The third-order valence-electron chi connectivity index (χ3n) is 1.43. The Kier molecular flexibility index (Phi) is 1.30. The third kappa shape index (κ3) is 1.14. The first-order valence-electron chi connectivity index (χ1n) is 2.83. The largest absolute Gasteiger partial charge is 0.326 e. The van der Waals surface area contributed by atoms with Crippen LogP contribution < -0.4 is 11.1 Å². The summed E-state index contributed by atoms with van der Waals surface area (Å²) in [5.74, 6) is 0. The highest BCUT2D eigenvalue weighted by atomic mass is 15.1. The molecular weight excluding hydrogens is 88.1 g/mol. The van der Waals surface area contributed by atoms with Gasteiger partial charge in [-0.1, -0.05) is 6.92 Å². The predicted molar refractivity (Wildman–Crippen MR) is 30.1 cm³/mol. The molecule has 2 nitrogen and oxygen atoms in total. The molecule has 42 valence electrons. The lowest BCUT2D eigenvalue weighted by Gasteiger charge is -2.01. The van der Waals surface area contributed by atoms with Crippen LogP contribution in [-0.4, -0.2) is 18.6 Å². The van der Waals surface area contributed by atoms with E-state index in [-0.39, 0.29) is 0 Å². The lowest BCUT2D eigenvalue weighted by atomic mass is 10.2. The lowest BCUT2D eigenvalue weighted by molar-refractivity contribution is 0.635. The molecule has 0 spiro atoms. The monoisotopic (exact) mass is 100 g/mol. The first-order valence-corrected chi connectivity index (χ1v) is 2.83. The zero-order chi connectivity index (χ0) is 5.28. The van der Waals surface area contributed by atoms with Gasteiger partial charge in [-0.15, -0.1) is 0 Å². The zero-order valence-electron chi connectivity index (χ0n) is 4.65. The Bertz CT molecular complexity index is 59.1. The summed E-state index contributed by atoms with van der Waals surface area (Å²) in [5.41, 5.74) is 5.62. The normalized spacial score (nSPS) is 32.6. The van der Waals surface area contributed by atoms with Gasteiger partial charge in [-0.3, -0.25) is 0 Å². The maximum absolute atomic E-state index is 5.62. The second-order valence-electron chi connectivity index (χ2n) is 2.09. The molecule has 0 aromatic heterocycles. The van der Waals surface area contributed by atoms with Gasteiger partial charge in [-0.2, -0.15) is 0 Å². The van der Waals surface area contributed by atoms with Gasteiger partial charge in [-0.25, -0.2) is 0 Å². The molecule has 1 aliphatic heterocycles. The van der Waals surface area contributed by atoms with Crippen molar-refractivity contribution in [2.24, 2.45) is 5.73 Å². The average Bonchev–Trinajstić information content (AvgIpc) is 2.44. The maximum atomic E-state index is 5.62. The van der Waals surface area contributed by atoms with Crippen LogP contribution in [-0.2, 0) is 0 Å². The second-order valence-corrected chi connectivity index (χ2v) is 2.09. The number of nitrogens with two attached hydrogens (primary N) is 1. The Morgan fingerprint density at radius 1 is 2.00 bits per heavy atom. The summed E-state index contributed by atoms with van der Waals surface area (Å²) in [6.07, 6.45) is 1.09. The quantitative estimate of drug-likeness (QED) is 0.468. The topological polar surface area (TPSA) is 48.0 Å². The van der Waals surface area contributed by atoms with Crippen LogP contribution in [0.15, 0.2) is 0 Å². The summed E-state index contributed by atoms with van der Waals surface area (Å²) >= 11 is 0. The van der Waals surface area contributed by atoms with Crippen molar-refractivity contribution in [1.82, 2.24) is 5.32 Å². The second kappa shape index (κ2) is 1.80. The minimum absolute atomic E-state index is 0.403. The van der Waals surface area contributed by atoms with Gasteiger partial charge in [-0.05, 0) is 6.42 Å². The first-order chi connectivity index (χ1) is 3.34. The predicted octanol–water partition coefficient (Wildman–Crippen LogP) is -0.305. The minimum Gasteiger partial charge on any atom is -0.326 e. The highest BCUT2D eigenvalue weighted by molar-refractivity contribution is 4.91. The first kappa shape index (κ1) is 5.06. The molecule has 0 aromatic carbocycles. The van der Waals surface area contributed by atoms with Crippen LogP contribution in [0.2, 0.25) is 0 Å². The van der Waals surface area contributed by atoms with Gasteiger partial charge in [0.05, 0.1) is 0 Å². The molecule has 2 unspecified atom stereocenters. The summed E-state index contributed by atoms with van der Waals surface area (Å²) in [5, 5.41) is 3.16. The zero-order valence-corrected chi connectivity index (χ0v) is 4.65. The minimum atomic E-state index is 0.403. The molecule has 1 rings (SSSR count). The molecule has 3 N–H and O–H groups in total. The smallest absolute Gasteiger partial charge is 0.0345 e. The molecule has 0 saturated carbocycles. The number of hydrogen-bond donors (Lipinski definition) is 2. The van der Waals surface area contributed by atoms with Crippen molar-refractivity contribution in [2.45, 2.75) is 25.4 Å². The van der Waals surface area contributed by atoms with Crippen molar-refractivity contribution < 1.29 is 0 Å². The van der Waals surface area contributed by atoms with Crippen molar-refractivity contribution >= 4 is 0 Å². The van der Waals surface area contributed by atoms with Crippen LogP contribution in [0.4, 0.5) is 0 Å². The Morgan fingerprint density at radius 3 is 2.71 bits per heavy atom. The Hall–Kier alpha value is -0.0800.